The lowest BCUT2D eigenvalue weighted by Gasteiger charge is -2.23. The molecular weight excluding hydrogens is 349 g/mol. The Hall–Kier alpha value is -2.96. The van der Waals surface area contributed by atoms with Crippen molar-refractivity contribution in [2.45, 2.75) is 13.1 Å². The van der Waals surface area contributed by atoms with Gasteiger partial charge in [-0.25, -0.2) is 4.39 Å². The smallest absolute Gasteiger partial charge is 0.203 e. The third kappa shape index (κ3) is 5.03. The summed E-state index contributed by atoms with van der Waals surface area (Å²) >= 11 is 0. The van der Waals surface area contributed by atoms with Crippen LogP contribution in [0.5, 0.6) is 17.2 Å². The maximum absolute atomic E-state index is 13.4. The van der Waals surface area contributed by atoms with E-state index in [4.69, 9.17) is 14.2 Å². The summed E-state index contributed by atoms with van der Waals surface area (Å²) in [6, 6.07) is 10.3. The van der Waals surface area contributed by atoms with E-state index in [0.717, 1.165) is 11.1 Å². The monoisotopic (exact) mass is 375 g/mol. The highest BCUT2D eigenvalue weighted by Crippen LogP contribution is 2.39. The van der Waals surface area contributed by atoms with Crippen LogP contribution >= 0.6 is 0 Å². The topological polar surface area (TPSA) is 55.3 Å². The molecule has 0 aromatic heterocycles. The van der Waals surface area contributed by atoms with Gasteiger partial charge in [-0.15, -0.1) is 0 Å². The molecule has 146 valence electrons. The summed E-state index contributed by atoms with van der Waals surface area (Å²) < 4.78 is 29.6. The van der Waals surface area contributed by atoms with Gasteiger partial charge in [-0.05, 0) is 29.8 Å². The molecule has 27 heavy (non-hydrogen) atoms. The standard InChI is InChI=1S/C20H26FN3O3/c1-22-20(24(2)13-14-7-6-8-16(21)11-14)23-12-15-9-10-17(25-3)19(27-5)18(15)26-4/h6-11H,12-13H2,1-5H3,(H,22,23). The van der Waals surface area contributed by atoms with Crippen LogP contribution < -0.4 is 19.5 Å². The predicted molar refractivity (Wildman–Crippen MR) is 104 cm³/mol. The van der Waals surface area contributed by atoms with E-state index >= 15 is 0 Å². The van der Waals surface area contributed by atoms with Gasteiger partial charge in [-0.2, -0.15) is 0 Å². The van der Waals surface area contributed by atoms with Crippen LogP contribution in [0.15, 0.2) is 41.4 Å². The van der Waals surface area contributed by atoms with E-state index in [9.17, 15) is 4.39 Å². The molecule has 0 aliphatic carbocycles. The van der Waals surface area contributed by atoms with Crippen molar-refractivity contribution in [1.82, 2.24) is 10.2 Å². The van der Waals surface area contributed by atoms with Crippen molar-refractivity contribution in [2.24, 2.45) is 4.99 Å². The van der Waals surface area contributed by atoms with E-state index in [0.29, 0.717) is 36.3 Å². The van der Waals surface area contributed by atoms with Gasteiger partial charge in [0.1, 0.15) is 5.82 Å². The Morgan fingerprint density at radius 3 is 2.41 bits per heavy atom. The molecule has 2 aromatic carbocycles. The van der Waals surface area contributed by atoms with Gasteiger partial charge in [0, 0.05) is 32.7 Å². The third-order valence-electron chi connectivity index (χ3n) is 4.10. The van der Waals surface area contributed by atoms with Crippen LogP contribution in [-0.2, 0) is 13.1 Å². The van der Waals surface area contributed by atoms with Crippen molar-refractivity contribution in [2.75, 3.05) is 35.4 Å². The maximum Gasteiger partial charge on any atom is 0.203 e. The minimum Gasteiger partial charge on any atom is -0.493 e. The minimum absolute atomic E-state index is 0.251. The van der Waals surface area contributed by atoms with Crippen LogP contribution in [0.4, 0.5) is 4.39 Å². The van der Waals surface area contributed by atoms with Crippen LogP contribution in [0, 0.1) is 5.82 Å². The molecule has 0 amide bonds. The van der Waals surface area contributed by atoms with E-state index in [-0.39, 0.29) is 5.82 Å². The normalized spacial score (nSPS) is 11.1. The second-order valence-corrected chi connectivity index (χ2v) is 5.88. The van der Waals surface area contributed by atoms with Crippen molar-refractivity contribution in [3.05, 3.63) is 53.3 Å². The number of benzene rings is 2. The number of ether oxygens (including phenoxy) is 3. The van der Waals surface area contributed by atoms with Crippen molar-refractivity contribution in [3.8, 4) is 17.2 Å². The summed E-state index contributed by atoms with van der Waals surface area (Å²) in [5.74, 6) is 2.18. The molecule has 1 N–H and O–H groups in total. The average molecular weight is 375 g/mol. The van der Waals surface area contributed by atoms with Crippen LogP contribution in [0.1, 0.15) is 11.1 Å². The van der Waals surface area contributed by atoms with E-state index in [1.807, 2.05) is 30.1 Å². The molecule has 0 saturated heterocycles. The Morgan fingerprint density at radius 2 is 1.81 bits per heavy atom. The van der Waals surface area contributed by atoms with Gasteiger partial charge in [-0.1, -0.05) is 12.1 Å². The van der Waals surface area contributed by atoms with Gasteiger partial charge in [0.05, 0.1) is 21.3 Å². The second kappa shape index (κ2) is 9.66. The lowest BCUT2D eigenvalue weighted by Crippen LogP contribution is -2.38. The number of rotatable bonds is 7. The Kier molecular flexibility index (Phi) is 7.28. The molecule has 0 unspecified atom stereocenters. The van der Waals surface area contributed by atoms with Crippen LogP contribution in [0.2, 0.25) is 0 Å². The molecule has 0 heterocycles. The highest BCUT2D eigenvalue weighted by atomic mass is 19.1. The van der Waals surface area contributed by atoms with E-state index < -0.39 is 0 Å². The second-order valence-electron chi connectivity index (χ2n) is 5.88. The number of halogens is 1. The Labute approximate surface area is 159 Å². The third-order valence-corrected chi connectivity index (χ3v) is 4.10. The molecule has 0 radical (unpaired) electrons. The molecule has 0 atom stereocenters. The number of nitrogens with one attached hydrogen (secondary N) is 1. The summed E-state index contributed by atoms with van der Waals surface area (Å²) in [5.41, 5.74) is 1.76. The largest absolute Gasteiger partial charge is 0.493 e. The summed E-state index contributed by atoms with van der Waals surface area (Å²) in [6.07, 6.45) is 0. The van der Waals surface area contributed by atoms with Gasteiger partial charge in [0.15, 0.2) is 17.5 Å². The highest BCUT2D eigenvalue weighted by Gasteiger charge is 2.16. The first kappa shape index (κ1) is 20.4. The Morgan fingerprint density at radius 1 is 1.07 bits per heavy atom. The fourth-order valence-electron chi connectivity index (χ4n) is 2.85. The molecule has 0 aliphatic heterocycles. The SMILES string of the molecule is CN=C(NCc1ccc(OC)c(OC)c1OC)N(C)Cc1cccc(F)c1. The number of aliphatic imine (C=N–C) groups is 1. The predicted octanol–water partition coefficient (Wildman–Crippen LogP) is 3.06. The van der Waals surface area contributed by atoms with Gasteiger partial charge in [0.25, 0.3) is 0 Å². The lowest BCUT2D eigenvalue weighted by molar-refractivity contribution is 0.322. The Balaban J connectivity index is 2.11. The first-order chi connectivity index (χ1) is 13.0. The first-order valence-corrected chi connectivity index (χ1v) is 8.48. The van der Waals surface area contributed by atoms with E-state index in [1.54, 1.807) is 34.4 Å². The number of guanidine groups is 1. The molecule has 2 aromatic rings. The van der Waals surface area contributed by atoms with E-state index in [2.05, 4.69) is 10.3 Å². The van der Waals surface area contributed by atoms with Crippen molar-refractivity contribution in [1.29, 1.82) is 0 Å². The van der Waals surface area contributed by atoms with Gasteiger partial charge in [0.2, 0.25) is 5.75 Å². The molecule has 0 aliphatic rings. The fourth-order valence-corrected chi connectivity index (χ4v) is 2.85. The van der Waals surface area contributed by atoms with Gasteiger partial charge in [-0.3, -0.25) is 4.99 Å². The molecule has 6 nitrogen and oxygen atoms in total. The number of methoxy groups -OCH3 is 3. The zero-order valence-electron chi connectivity index (χ0n) is 16.4. The number of hydrogen-bond donors (Lipinski definition) is 1. The minimum atomic E-state index is -0.251. The fraction of sp³-hybridized carbons (Fsp3) is 0.350. The molecule has 7 heteroatoms. The summed E-state index contributed by atoms with van der Waals surface area (Å²) in [6.45, 7) is 1.00. The summed E-state index contributed by atoms with van der Waals surface area (Å²) in [5, 5.41) is 3.29. The first-order valence-electron chi connectivity index (χ1n) is 8.48. The van der Waals surface area contributed by atoms with Crippen LogP contribution in [0.25, 0.3) is 0 Å². The average Bonchev–Trinajstić information content (AvgIpc) is 2.67. The van der Waals surface area contributed by atoms with Crippen molar-refractivity contribution < 1.29 is 18.6 Å². The highest BCUT2D eigenvalue weighted by molar-refractivity contribution is 5.79. The van der Waals surface area contributed by atoms with Crippen LogP contribution in [-0.4, -0.2) is 46.3 Å². The molecule has 0 bridgehead atoms. The maximum atomic E-state index is 13.4. The Bertz CT molecular complexity index is 796. The van der Waals surface area contributed by atoms with Crippen molar-refractivity contribution in [3.63, 3.8) is 0 Å². The van der Waals surface area contributed by atoms with Crippen molar-refractivity contribution >= 4 is 5.96 Å². The van der Waals surface area contributed by atoms with Gasteiger partial charge < -0.3 is 24.4 Å². The quantitative estimate of drug-likeness (QED) is 0.595. The summed E-state index contributed by atoms with van der Waals surface area (Å²) in [4.78, 5) is 6.21. The number of nitrogens with zero attached hydrogens (tertiary/aromatic N) is 2. The number of hydrogen-bond acceptors (Lipinski definition) is 4. The zero-order valence-corrected chi connectivity index (χ0v) is 16.4. The van der Waals surface area contributed by atoms with Gasteiger partial charge >= 0.3 is 0 Å². The molecule has 0 spiro atoms. The summed E-state index contributed by atoms with van der Waals surface area (Å²) in [7, 11) is 8.34. The molecule has 0 saturated carbocycles. The molecular formula is C20H26FN3O3. The zero-order chi connectivity index (χ0) is 19.8. The van der Waals surface area contributed by atoms with E-state index in [1.165, 1.54) is 12.1 Å². The molecule has 0 fully saturated rings. The lowest BCUT2D eigenvalue weighted by atomic mass is 10.1. The van der Waals surface area contributed by atoms with Crippen LogP contribution in [0.3, 0.4) is 0 Å². The molecule has 2 rings (SSSR count).